The molecule has 0 aliphatic heterocycles. The van der Waals surface area contributed by atoms with Crippen LogP contribution in [0.1, 0.15) is 32.0 Å². The lowest BCUT2D eigenvalue weighted by Gasteiger charge is -2.20. The van der Waals surface area contributed by atoms with Crippen molar-refractivity contribution in [1.82, 2.24) is 25.3 Å². The van der Waals surface area contributed by atoms with Gasteiger partial charge in [-0.3, -0.25) is 5.32 Å². The second kappa shape index (κ2) is 7.34. The van der Waals surface area contributed by atoms with Crippen LogP contribution in [0.5, 0.6) is 0 Å². The number of rotatable bonds is 3. The average Bonchev–Trinajstić information content (AvgIpc) is 2.57. The van der Waals surface area contributed by atoms with Crippen LogP contribution in [0.25, 0.3) is 11.2 Å². The fourth-order valence-electron chi connectivity index (χ4n) is 2.46. The van der Waals surface area contributed by atoms with Crippen LogP contribution in [0.2, 0.25) is 0 Å². The third kappa shape index (κ3) is 4.67. The maximum atomic E-state index is 13.4. The summed E-state index contributed by atoms with van der Waals surface area (Å²) in [6, 6.07) is 4.25. The molecule has 2 heterocycles. The van der Waals surface area contributed by atoms with E-state index in [1.807, 2.05) is 20.8 Å². The summed E-state index contributed by atoms with van der Waals surface area (Å²) >= 11 is 0. The minimum absolute atomic E-state index is 0.282. The maximum absolute atomic E-state index is 13.4. The first-order valence-corrected chi connectivity index (χ1v) is 8.74. The van der Waals surface area contributed by atoms with Crippen molar-refractivity contribution < 1.29 is 9.18 Å². The van der Waals surface area contributed by atoms with Crippen LogP contribution in [0.4, 0.5) is 26.6 Å². The smallest absolute Gasteiger partial charge is 0.320 e. The van der Waals surface area contributed by atoms with Gasteiger partial charge < -0.3 is 10.6 Å². The molecule has 2 aromatic heterocycles. The summed E-state index contributed by atoms with van der Waals surface area (Å²) in [5.74, 6) is 0.328. The van der Waals surface area contributed by atoms with Gasteiger partial charge in [-0.2, -0.15) is 4.98 Å². The molecule has 0 bridgehead atoms. The van der Waals surface area contributed by atoms with Crippen LogP contribution in [0.3, 0.4) is 0 Å². The molecule has 0 fully saturated rings. The average molecular weight is 383 g/mol. The van der Waals surface area contributed by atoms with Crippen LogP contribution in [-0.2, 0) is 0 Å². The van der Waals surface area contributed by atoms with Gasteiger partial charge in [0.1, 0.15) is 11.3 Å². The quantitative estimate of drug-likeness (QED) is 0.635. The zero-order valence-electron chi connectivity index (χ0n) is 16.4. The van der Waals surface area contributed by atoms with E-state index in [4.69, 9.17) is 0 Å². The molecule has 0 saturated heterocycles. The van der Waals surface area contributed by atoms with Crippen LogP contribution in [0.15, 0.2) is 24.4 Å². The first-order chi connectivity index (χ1) is 13.1. The largest absolute Gasteiger partial charge is 0.333 e. The fraction of sp³-hybridized carbons (Fsp3) is 0.316. The molecule has 2 amide bonds. The van der Waals surface area contributed by atoms with Gasteiger partial charge in [0.2, 0.25) is 5.95 Å². The summed E-state index contributed by atoms with van der Waals surface area (Å²) in [6.45, 7) is 9.07. The van der Waals surface area contributed by atoms with Crippen molar-refractivity contribution in [3.05, 3.63) is 41.5 Å². The number of fused-ring (bicyclic) bond motifs is 1. The summed E-state index contributed by atoms with van der Waals surface area (Å²) in [4.78, 5) is 29.5. The van der Waals surface area contributed by atoms with Crippen LogP contribution in [0, 0.1) is 19.7 Å². The van der Waals surface area contributed by atoms with Crippen LogP contribution in [-0.4, -0.2) is 31.5 Å². The van der Waals surface area contributed by atoms with E-state index in [1.54, 1.807) is 32.2 Å². The number of carbonyl (C=O) groups is 1. The normalized spacial score (nSPS) is 11.4. The molecule has 0 aliphatic carbocycles. The predicted octanol–water partition coefficient (Wildman–Crippen LogP) is 3.84. The molecule has 0 aliphatic rings. The van der Waals surface area contributed by atoms with Gasteiger partial charge in [0, 0.05) is 11.2 Å². The monoisotopic (exact) mass is 383 g/mol. The highest BCUT2D eigenvalue weighted by Gasteiger charge is 2.16. The molecule has 146 valence electrons. The number of benzene rings is 1. The molecule has 8 nitrogen and oxygen atoms in total. The van der Waals surface area contributed by atoms with Crippen molar-refractivity contribution in [3.8, 4) is 0 Å². The molecule has 3 rings (SSSR count). The number of amides is 2. The van der Waals surface area contributed by atoms with E-state index in [0.29, 0.717) is 39.9 Å². The highest BCUT2D eigenvalue weighted by Crippen LogP contribution is 2.19. The van der Waals surface area contributed by atoms with Crippen molar-refractivity contribution in [2.24, 2.45) is 0 Å². The number of halogens is 1. The Hall–Kier alpha value is -3.36. The summed E-state index contributed by atoms with van der Waals surface area (Å²) in [7, 11) is 0. The van der Waals surface area contributed by atoms with Crippen molar-refractivity contribution in [2.45, 2.75) is 40.2 Å². The second-order valence-corrected chi connectivity index (χ2v) is 7.48. The molecule has 9 heteroatoms. The zero-order valence-corrected chi connectivity index (χ0v) is 16.4. The molecule has 3 N–H and O–H groups in total. The molecule has 0 saturated carbocycles. The van der Waals surface area contributed by atoms with Crippen molar-refractivity contribution in [1.29, 1.82) is 0 Å². The maximum Gasteiger partial charge on any atom is 0.320 e. The van der Waals surface area contributed by atoms with E-state index >= 15 is 0 Å². The standard InChI is InChI=1S/C19H22FN7O/c1-10-8-12(6-7-13(10)20)23-17-21-9-14-16(25-17)24-15(11(2)22-14)26-18(28)27-19(3,4)5/h6-9H,1-5H3,(H3,21,23,24,25,26,27,28). The first kappa shape index (κ1) is 19.4. The highest BCUT2D eigenvalue weighted by atomic mass is 19.1. The van der Waals surface area contributed by atoms with E-state index < -0.39 is 0 Å². The lowest BCUT2D eigenvalue weighted by molar-refractivity contribution is 0.243. The van der Waals surface area contributed by atoms with Crippen molar-refractivity contribution >= 4 is 34.6 Å². The lowest BCUT2D eigenvalue weighted by atomic mass is 10.1. The Morgan fingerprint density at radius 3 is 2.54 bits per heavy atom. The molecule has 0 atom stereocenters. The fourth-order valence-corrected chi connectivity index (χ4v) is 2.46. The van der Waals surface area contributed by atoms with Gasteiger partial charge in [-0.25, -0.2) is 24.1 Å². The predicted molar refractivity (Wildman–Crippen MR) is 106 cm³/mol. The summed E-state index contributed by atoms with van der Waals surface area (Å²) in [6.07, 6.45) is 1.54. The minimum Gasteiger partial charge on any atom is -0.333 e. The topological polar surface area (TPSA) is 105 Å². The van der Waals surface area contributed by atoms with E-state index in [-0.39, 0.29) is 17.4 Å². The Bertz CT molecular complexity index is 1050. The van der Waals surface area contributed by atoms with Crippen molar-refractivity contribution in [2.75, 3.05) is 10.6 Å². The summed E-state index contributed by atoms with van der Waals surface area (Å²) in [5.41, 5.74) is 2.16. The number of nitrogens with zero attached hydrogens (tertiary/aromatic N) is 4. The van der Waals surface area contributed by atoms with Gasteiger partial charge in [0.25, 0.3) is 0 Å². The van der Waals surface area contributed by atoms with E-state index in [1.165, 1.54) is 6.07 Å². The van der Waals surface area contributed by atoms with E-state index in [2.05, 4.69) is 35.9 Å². The third-order valence-corrected chi connectivity index (χ3v) is 3.73. The molecule has 0 radical (unpaired) electrons. The number of hydrogen-bond donors (Lipinski definition) is 3. The molecule has 1 aromatic carbocycles. The molecule has 3 aromatic rings. The summed E-state index contributed by atoms with van der Waals surface area (Å²) in [5, 5.41) is 8.51. The van der Waals surface area contributed by atoms with Gasteiger partial charge in [-0.05, 0) is 58.4 Å². The Morgan fingerprint density at radius 2 is 1.86 bits per heavy atom. The zero-order chi connectivity index (χ0) is 20.5. The van der Waals surface area contributed by atoms with Crippen molar-refractivity contribution in [3.63, 3.8) is 0 Å². The second-order valence-electron chi connectivity index (χ2n) is 7.48. The first-order valence-electron chi connectivity index (χ1n) is 8.74. The molecular weight excluding hydrogens is 361 g/mol. The number of hydrogen-bond acceptors (Lipinski definition) is 6. The Morgan fingerprint density at radius 1 is 1.11 bits per heavy atom. The third-order valence-electron chi connectivity index (χ3n) is 3.73. The Labute approximate surface area is 162 Å². The summed E-state index contributed by atoms with van der Waals surface area (Å²) < 4.78 is 13.4. The SMILES string of the molecule is Cc1cc(Nc2ncc3nc(C)c(NC(=O)NC(C)(C)C)nc3n2)ccc1F. The van der Waals surface area contributed by atoms with E-state index in [9.17, 15) is 9.18 Å². The molecule has 28 heavy (non-hydrogen) atoms. The van der Waals surface area contributed by atoms with Gasteiger partial charge in [-0.15, -0.1) is 0 Å². The van der Waals surface area contributed by atoms with Crippen LogP contribution >= 0.6 is 0 Å². The molecular formula is C19H22FN7O. The lowest BCUT2D eigenvalue weighted by Crippen LogP contribution is -2.43. The Kier molecular flexibility index (Phi) is 5.08. The van der Waals surface area contributed by atoms with E-state index in [0.717, 1.165) is 0 Å². The number of aryl methyl sites for hydroxylation is 2. The van der Waals surface area contributed by atoms with Crippen LogP contribution < -0.4 is 16.0 Å². The van der Waals surface area contributed by atoms with Gasteiger partial charge in [-0.1, -0.05) is 0 Å². The number of urea groups is 1. The number of aromatic nitrogens is 4. The Balaban J connectivity index is 1.87. The molecule has 0 unspecified atom stereocenters. The number of nitrogens with one attached hydrogen (secondary N) is 3. The molecule has 0 spiro atoms. The van der Waals surface area contributed by atoms with Gasteiger partial charge >= 0.3 is 6.03 Å². The van der Waals surface area contributed by atoms with Gasteiger partial charge in [0.15, 0.2) is 11.5 Å². The number of anilines is 3. The number of carbonyl (C=O) groups excluding carboxylic acids is 1. The van der Waals surface area contributed by atoms with Gasteiger partial charge in [0.05, 0.1) is 11.9 Å². The minimum atomic E-state index is -0.380. The highest BCUT2D eigenvalue weighted by molar-refractivity contribution is 5.90.